The molecule has 3 unspecified atom stereocenters. The van der Waals surface area contributed by atoms with Crippen LogP contribution in [0.25, 0.3) is 0 Å². The Kier molecular flexibility index (Phi) is 63.6. The summed E-state index contributed by atoms with van der Waals surface area (Å²) >= 11 is 0. The Morgan fingerprint density at radius 2 is 0.727 bits per heavy atom. The topological polar surface area (TPSA) is 114 Å². The van der Waals surface area contributed by atoms with Gasteiger partial charge in [-0.1, -0.05) is 297 Å². The monoisotopic (exact) mass is 1250 g/mol. The van der Waals surface area contributed by atoms with Gasteiger partial charge < -0.3 is 28.5 Å². The number of esters is 1. The Balaban J connectivity index is 5.10. The number of quaternary nitrogens is 1. The van der Waals surface area contributed by atoms with Gasteiger partial charge in [0.25, 0.3) is 7.82 Å². The van der Waals surface area contributed by atoms with Crippen LogP contribution in [0.2, 0.25) is 0 Å². The molecule has 0 aliphatic heterocycles. The molecule has 9 nitrogen and oxygen atoms in total. The zero-order valence-corrected chi connectivity index (χ0v) is 58.8. The normalized spacial score (nSPS) is 14.2. The van der Waals surface area contributed by atoms with Crippen molar-refractivity contribution in [3.8, 4) is 0 Å². The Morgan fingerprint density at radius 1 is 0.409 bits per heavy atom. The second-order valence-corrected chi connectivity index (χ2v) is 26.8. The van der Waals surface area contributed by atoms with E-state index in [0.717, 1.165) is 135 Å². The number of unbranched alkanes of at least 4 members (excludes halogenated alkanes) is 31. The van der Waals surface area contributed by atoms with Gasteiger partial charge >= 0.3 is 5.97 Å². The lowest BCUT2D eigenvalue weighted by molar-refractivity contribution is -0.870. The molecular formula is C78H137N2O7P. The summed E-state index contributed by atoms with van der Waals surface area (Å²) in [5.41, 5.74) is 0. The Bertz CT molecular complexity index is 1920. The van der Waals surface area contributed by atoms with Gasteiger partial charge in [-0.3, -0.25) is 14.2 Å². The first-order valence-electron chi connectivity index (χ1n) is 36.3. The number of allylic oxidation sites excluding steroid dienone is 19. The first kappa shape index (κ1) is 84.4. The summed E-state index contributed by atoms with van der Waals surface area (Å²) < 4.78 is 30.5. The number of nitrogens with one attached hydrogen (secondary N) is 1. The standard InChI is InChI=1S/C78H137N2O7P/c1-7-10-13-16-19-22-25-28-30-32-34-36-38-40-42-44-46-48-50-52-55-58-61-64-67-70-77(81)79-75(74-86-88(83,84)85-73-72-80(4,5)6)76(69-66-63-60-57-54-27-24-21-18-15-12-9-3)87-78(82)71-68-65-62-59-56-53-51-49-47-45-43-41-39-37-35-33-31-29-26-23-20-17-14-11-8-2/h11,14,19-20,22-23,28-31,34-37,41,43,47,49,66,69,75-76H,7-10,12-13,15-18,21,24-27,32-33,38-40,42,44-46,48,50-65,67-68,70-74H2,1-6H3,(H-,79,81,83,84)/b14-11-,22-19-,23-20-,30-28-,31-29-,36-34-,37-35-,43-41-,49-47-,69-66+. The molecule has 0 aromatic heterocycles. The molecule has 0 saturated heterocycles. The van der Waals surface area contributed by atoms with Crippen LogP contribution in [0.5, 0.6) is 0 Å². The Morgan fingerprint density at radius 3 is 1.11 bits per heavy atom. The minimum Gasteiger partial charge on any atom is -0.756 e. The maximum Gasteiger partial charge on any atom is 0.306 e. The fourth-order valence-electron chi connectivity index (χ4n) is 10.1. The number of amides is 1. The van der Waals surface area contributed by atoms with Crippen molar-refractivity contribution < 1.29 is 37.3 Å². The highest BCUT2D eigenvalue weighted by atomic mass is 31.2. The highest BCUT2D eigenvalue weighted by Gasteiger charge is 2.27. The fourth-order valence-corrected chi connectivity index (χ4v) is 10.8. The average Bonchev–Trinajstić information content (AvgIpc) is 3.52. The van der Waals surface area contributed by atoms with E-state index >= 15 is 0 Å². The van der Waals surface area contributed by atoms with Crippen LogP contribution in [-0.4, -0.2) is 69.4 Å². The summed E-state index contributed by atoms with van der Waals surface area (Å²) in [6, 6.07) is -0.905. The number of carbonyl (C=O) groups is 2. The molecule has 0 saturated carbocycles. The summed E-state index contributed by atoms with van der Waals surface area (Å²) in [5.74, 6) is -0.560. The van der Waals surface area contributed by atoms with Crippen LogP contribution >= 0.6 is 7.82 Å². The minimum atomic E-state index is -4.72. The molecule has 1 amide bonds. The summed E-state index contributed by atoms with van der Waals surface area (Å²) in [6.45, 7) is 6.70. The molecule has 0 aliphatic rings. The number of ether oxygens (including phenoxy) is 1. The lowest BCUT2D eigenvalue weighted by Gasteiger charge is -2.30. The van der Waals surface area contributed by atoms with Gasteiger partial charge in [0.15, 0.2) is 0 Å². The van der Waals surface area contributed by atoms with E-state index in [1.807, 2.05) is 33.3 Å². The summed E-state index contributed by atoms with van der Waals surface area (Å²) in [6.07, 6.45) is 93.2. The zero-order chi connectivity index (χ0) is 64.2. The molecule has 0 fully saturated rings. The van der Waals surface area contributed by atoms with Gasteiger partial charge in [0.1, 0.15) is 19.3 Å². The van der Waals surface area contributed by atoms with Crippen molar-refractivity contribution >= 4 is 19.7 Å². The first-order chi connectivity index (χ1) is 42.9. The van der Waals surface area contributed by atoms with Gasteiger partial charge in [-0.05, 0) is 122 Å². The van der Waals surface area contributed by atoms with Crippen LogP contribution < -0.4 is 10.2 Å². The van der Waals surface area contributed by atoms with Gasteiger partial charge in [0.2, 0.25) is 5.91 Å². The highest BCUT2D eigenvalue weighted by Crippen LogP contribution is 2.38. The molecule has 10 heteroatoms. The maximum absolute atomic E-state index is 13.6. The number of rotatable bonds is 65. The molecule has 0 rings (SSSR count). The van der Waals surface area contributed by atoms with Crippen molar-refractivity contribution in [1.29, 1.82) is 0 Å². The molecule has 0 heterocycles. The van der Waals surface area contributed by atoms with Crippen LogP contribution in [-0.2, 0) is 27.9 Å². The van der Waals surface area contributed by atoms with E-state index < -0.39 is 26.6 Å². The Labute approximate surface area is 543 Å². The molecule has 0 spiro atoms. The molecule has 0 aliphatic carbocycles. The van der Waals surface area contributed by atoms with E-state index in [2.05, 4.69) is 135 Å². The van der Waals surface area contributed by atoms with Crippen molar-refractivity contribution in [1.82, 2.24) is 5.32 Å². The molecule has 3 atom stereocenters. The third-order valence-electron chi connectivity index (χ3n) is 15.6. The van der Waals surface area contributed by atoms with E-state index in [-0.39, 0.29) is 24.9 Å². The number of phosphoric acid groups is 1. The molecule has 506 valence electrons. The SMILES string of the molecule is CC/C=C\C/C=C\C/C=C\C/C=C\C/C=C\C/C=C\CCCCCCCCC(=O)OC(/C=C/CCCCCCCCCCCC)C(COP(=O)([O-])OCC[N+](C)(C)C)NC(=O)CCCCCCCCCCCCCC/C=C\C/C=C\C/C=C\CCCCC. The first-order valence-corrected chi connectivity index (χ1v) is 37.8. The lowest BCUT2D eigenvalue weighted by Crippen LogP contribution is -2.47. The second-order valence-electron chi connectivity index (χ2n) is 25.4. The number of hydrogen-bond donors (Lipinski definition) is 1. The van der Waals surface area contributed by atoms with E-state index in [9.17, 15) is 19.0 Å². The maximum atomic E-state index is 13.6. The van der Waals surface area contributed by atoms with E-state index in [0.29, 0.717) is 23.9 Å². The molecule has 0 aromatic rings. The molecule has 88 heavy (non-hydrogen) atoms. The summed E-state index contributed by atoms with van der Waals surface area (Å²) in [5, 5.41) is 3.04. The van der Waals surface area contributed by atoms with Crippen LogP contribution in [0.4, 0.5) is 0 Å². The zero-order valence-electron chi connectivity index (χ0n) is 57.9. The van der Waals surface area contributed by atoms with Crippen LogP contribution in [0.1, 0.15) is 310 Å². The Hall–Kier alpha value is -3.59. The molecule has 0 bridgehead atoms. The van der Waals surface area contributed by atoms with E-state index in [1.165, 1.54) is 135 Å². The van der Waals surface area contributed by atoms with Crippen molar-refractivity contribution in [2.45, 2.75) is 322 Å². The van der Waals surface area contributed by atoms with Crippen molar-refractivity contribution in [2.24, 2.45) is 0 Å². The lowest BCUT2D eigenvalue weighted by atomic mass is 10.0. The average molecular weight is 1250 g/mol. The van der Waals surface area contributed by atoms with Crippen LogP contribution in [0.15, 0.2) is 122 Å². The van der Waals surface area contributed by atoms with Gasteiger partial charge in [-0.15, -0.1) is 0 Å². The van der Waals surface area contributed by atoms with E-state index in [1.54, 1.807) is 0 Å². The highest BCUT2D eigenvalue weighted by molar-refractivity contribution is 7.45. The van der Waals surface area contributed by atoms with Crippen molar-refractivity contribution in [3.05, 3.63) is 122 Å². The molecule has 0 radical (unpaired) electrons. The van der Waals surface area contributed by atoms with Gasteiger partial charge in [0.05, 0.1) is 33.8 Å². The third kappa shape index (κ3) is 66.8. The quantitative estimate of drug-likeness (QED) is 0.0212. The number of phosphoric ester groups is 1. The number of likely N-dealkylation sites (N-methyl/N-ethyl adjacent to an activating group) is 1. The van der Waals surface area contributed by atoms with Gasteiger partial charge in [-0.2, -0.15) is 0 Å². The van der Waals surface area contributed by atoms with E-state index in [4.69, 9.17) is 13.8 Å². The number of carbonyl (C=O) groups excluding carboxylic acids is 2. The number of nitrogens with zero attached hydrogens (tertiary/aromatic N) is 1. The van der Waals surface area contributed by atoms with Crippen molar-refractivity contribution in [3.63, 3.8) is 0 Å². The molecule has 1 N–H and O–H groups in total. The minimum absolute atomic E-state index is 0.0306. The van der Waals surface area contributed by atoms with Crippen LogP contribution in [0, 0.1) is 0 Å². The van der Waals surface area contributed by atoms with Gasteiger partial charge in [0, 0.05) is 12.8 Å². The predicted octanol–water partition coefficient (Wildman–Crippen LogP) is 22.8. The fraction of sp³-hybridized carbons (Fsp3) is 0.718. The molecular weight excluding hydrogens is 1110 g/mol. The molecule has 0 aromatic carbocycles. The summed E-state index contributed by atoms with van der Waals surface area (Å²) in [7, 11) is 1.16. The second kappa shape index (κ2) is 66.3. The summed E-state index contributed by atoms with van der Waals surface area (Å²) in [4.78, 5) is 40.2. The largest absolute Gasteiger partial charge is 0.756 e. The smallest absolute Gasteiger partial charge is 0.306 e. The van der Waals surface area contributed by atoms with Crippen LogP contribution in [0.3, 0.4) is 0 Å². The number of hydrogen-bond acceptors (Lipinski definition) is 7. The van der Waals surface area contributed by atoms with Gasteiger partial charge in [-0.25, -0.2) is 0 Å². The third-order valence-corrected chi connectivity index (χ3v) is 16.6. The van der Waals surface area contributed by atoms with Crippen molar-refractivity contribution in [2.75, 3.05) is 40.9 Å². The predicted molar refractivity (Wildman–Crippen MR) is 380 cm³/mol.